The van der Waals surface area contributed by atoms with Crippen LogP contribution in [0.2, 0.25) is 0 Å². The molecule has 6 heteroatoms. The number of fused-ring (bicyclic) bond motifs is 1. The minimum Gasteiger partial charge on any atom is -0.496 e. The molecule has 108 valence electrons. The van der Waals surface area contributed by atoms with Crippen molar-refractivity contribution in [2.45, 2.75) is 30.9 Å². The van der Waals surface area contributed by atoms with Gasteiger partial charge in [-0.05, 0) is 19.1 Å². The maximum Gasteiger partial charge on any atom is 0.321 e. The Bertz CT molecular complexity index is 548. The first-order chi connectivity index (χ1) is 9.58. The molecule has 20 heavy (non-hydrogen) atoms. The first-order valence-corrected chi connectivity index (χ1v) is 7.61. The average molecular weight is 295 g/mol. The first kappa shape index (κ1) is 13.6. The molecule has 1 aromatic rings. The molecule has 0 spiro atoms. The minimum absolute atomic E-state index is 0.0733. The zero-order valence-electron chi connectivity index (χ0n) is 11.4. The average Bonchev–Trinajstić information content (AvgIpc) is 3.01. The smallest absolute Gasteiger partial charge is 0.321 e. The van der Waals surface area contributed by atoms with Crippen LogP contribution in [0.3, 0.4) is 0 Å². The van der Waals surface area contributed by atoms with E-state index in [4.69, 9.17) is 14.6 Å². The topological polar surface area (TPSA) is 67.8 Å². The summed E-state index contributed by atoms with van der Waals surface area (Å²) in [6.07, 6.45) is 1.07. The monoisotopic (exact) mass is 295 g/mol. The fourth-order valence-electron chi connectivity index (χ4n) is 2.63. The van der Waals surface area contributed by atoms with Gasteiger partial charge in [-0.15, -0.1) is 11.8 Å². The Hall–Kier alpha value is -1.40. The van der Waals surface area contributed by atoms with Gasteiger partial charge in [-0.2, -0.15) is 0 Å². The molecule has 5 nitrogen and oxygen atoms in total. The van der Waals surface area contributed by atoms with E-state index in [0.717, 1.165) is 29.0 Å². The van der Waals surface area contributed by atoms with Crippen LogP contribution in [0.4, 0.5) is 0 Å². The highest BCUT2D eigenvalue weighted by molar-refractivity contribution is 7.99. The highest BCUT2D eigenvalue weighted by atomic mass is 32.2. The third-order valence-electron chi connectivity index (χ3n) is 3.61. The van der Waals surface area contributed by atoms with Crippen LogP contribution in [0.15, 0.2) is 12.1 Å². The molecule has 0 aliphatic carbocycles. The lowest BCUT2D eigenvalue weighted by atomic mass is 10.1. The van der Waals surface area contributed by atoms with E-state index in [1.165, 1.54) is 0 Å². The van der Waals surface area contributed by atoms with Gasteiger partial charge in [0.25, 0.3) is 0 Å². The molecule has 2 aliphatic heterocycles. The summed E-state index contributed by atoms with van der Waals surface area (Å²) in [5.74, 6) is 1.41. The Kier molecular flexibility index (Phi) is 3.52. The van der Waals surface area contributed by atoms with Gasteiger partial charge in [0.05, 0.1) is 12.5 Å². The SMILES string of the molecule is COc1cc2c(cc1C1NC(C(=O)O)CS1)OC(C)C2. The number of carbonyl (C=O) groups is 1. The van der Waals surface area contributed by atoms with Gasteiger partial charge in [-0.1, -0.05) is 0 Å². The largest absolute Gasteiger partial charge is 0.496 e. The summed E-state index contributed by atoms with van der Waals surface area (Å²) in [6, 6.07) is 3.47. The van der Waals surface area contributed by atoms with Gasteiger partial charge >= 0.3 is 5.97 Å². The van der Waals surface area contributed by atoms with Crippen LogP contribution in [0, 0.1) is 0 Å². The number of hydrogen-bond acceptors (Lipinski definition) is 5. The summed E-state index contributed by atoms with van der Waals surface area (Å²) in [5, 5.41) is 12.1. The number of hydrogen-bond donors (Lipinski definition) is 2. The number of thioether (sulfide) groups is 1. The Morgan fingerprint density at radius 1 is 1.55 bits per heavy atom. The van der Waals surface area contributed by atoms with E-state index in [1.54, 1.807) is 18.9 Å². The predicted molar refractivity (Wildman–Crippen MR) is 76.5 cm³/mol. The molecule has 1 saturated heterocycles. The molecule has 2 heterocycles. The first-order valence-electron chi connectivity index (χ1n) is 6.56. The Morgan fingerprint density at radius 3 is 3.00 bits per heavy atom. The second kappa shape index (κ2) is 5.18. The zero-order valence-corrected chi connectivity index (χ0v) is 12.2. The molecule has 2 aliphatic rings. The molecule has 3 rings (SSSR count). The van der Waals surface area contributed by atoms with E-state index in [1.807, 2.05) is 19.1 Å². The quantitative estimate of drug-likeness (QED) is 0.886. The van der Waals surface area contributed by atoms with Gasteiger partial charge in [-0.25, -0.2) is 0 Å². The number of carboxylic acid groups (broad SMARTS) is 1. The molecule has 1 aromatic carbocycles. The van der Waals surface area contributed by atoms with Crippen LogP contribution >= 0.6 is 11.8 Å². The van der Waals surface area contributed by atoms with Crippen molar-refractivity contribution >= 4 is 17.7 Å². The summed E-state index contributed by atoms with van der Waals surface area (Å²) in [7, 11) is 1.64. The van der Waals surface area contributed by atoms with Crippen LogP contribution in [0.25, 0.3) is 0 Å². The van der Waals surface area contributed by atoms with Crippen molar-refractivity contribution in [3.8, 4) is 11.5 Å². The number of carboxylic acids is 1. The molecule has 0 radical (unpaired) electrons. The predicted octanol–water partition coefficient (Wildman–Crippen LogP) is 1.81. The third-order valence-corrected chi connectivity index (χ3v) is 4.86. The highest BCUT2D eigenvalue weighted by Gasteiger charge is 2.33. The van der Waals surface area contributed by atoms with Crippen LogP contribution in [-0.4, -0.2) is 36.1 Å². The Morgan fingerprint density at radius 2 is 2.35 bits per heavy atom. The lowest BCUT2D eigenvalue weighted by molar-refractivity contribution is -0.138. The number of rotatable bonds is 3. The molecule has 0 bridgehead atoms. The number of nitrogens with one attached hydrogen (secondary N) is 1. The van der Waals surface area contributed by atoms with Crippen LogP contribution in [-0.2, 0) is 11.2 Å². The maximum absolute atomic E-state index is 11.0. The number of benzene rings is 1. The van der Waals surface area contributed by atoms with Crippen molar-refractivity contribution < 1.29 is 19.4 Å². The third kappa shape index (κ3) is 2.33. The molecule has 0 saturated carbocycles. The number of aliphatic carboxylic acids is 1. The van der Waals surface area contributed by atoms with Crippen molar-refractivity contribution in [1.29, 1.82) is 0 Å². The maximum atomic E-state index is 11.0. The van der Waals surface area contributed by atoms with Crippen molar-refractivity contribution in [2.24, 2.45) is 0 Å². The summed E-state index contributed by atoms with van der Waals surface area (Å²) in [4.78, 5) is 11.0. The van der Waals surface area contributed by atoms with Gasteiger partial charge in [0.1, 0.15) is 23.6 Å². The fourth-order valence-corrected chi connectivity index (χ4v) is 3.88. The Labute approximate surface area is 121 Å². The number of methoxy groups -OCH3 is 1. The molecule has 0 amide bonds. The van der Waals surface area contributed by atoms with Crippen molar-refractivity contribution in [2.75, 3.05) is 12.9 Å². The Balaban J connectivity index is 1.90. The fraction of sp³-hybridized carbons (Fsp3) is 0.500. The van der Waals surface area contributed by atoms with E-state index >= 15 is 0 Å². The molecule has 0 aromatic heterocycles. The number of ether oxygens (including phenoxy) is 2. The van der Waals surface area contributed by atoms with E-state index in [2.05, 4.69) is 5.32 Å². The molecule has 3 atom stereocenters. The normalized spacial score (nSPS) is 28.0. The molecule has 3 unspecified atom stereocenters. The van der Waals surface area contributed by atoms with Gasteiger partial charge in [0, 0.05) is 23.3 Å². The van der Waals surface area contributed by atoms with E-state index < -0.39 is 12.0 Å². The van der Waals surface area contributed by atoms with Crippen molar-refractivity contribution in [1.82, 2.24) is 5.32 Å². The van der Waals surface area contributed by atoms with Crippen LogP contribution in [0.5, 0.6) is 11.5 Å². The molecule has 2 N–H and O–H groups in total. The summed E-state index contributed by atoms with van der Waals surface area (Å²) >= 11 is 1.58. The van der Waals surface area contributed by atoms with E-state index in [0.29, 0.717) is 5.75 Å². The lowest BCUT2D eigenvalue weighted by Gasteiger charge is -2.16. The van der Waals surface area contributed by atoms with Gasteiger partial charge in [0.15, 0.2) is 0 Å². The van der Waals surface area contributed by atoms with Crippen molar-refractivity contribution in [3.63, 3.8) is 0 Å². The molecule has 1 fully saturated rings. The van der Waals surface area contributed by atoms with Gasteiger partial charge in [-0.3, -0.25) is 10.1 Å². The van der Waals surface area contributed by atoms with Crippen molar-refractivity contribution in [3.05, 3.63) is 23.3 Å². The standard InChI is InChI=1S/C14H17NO4S/c1-7-3-8-4-12(18-2)9(5-11(8)19-7)13-15-10(6-20-13)14(16)17/h4-5,7,10,13,15H,3,6H2,1-2H3,(H,16,17). The van der Waals surface area contributed by atoms with Gasteiger partial charge in [0.2, 0.25) is 0 Å². The summed E-state index contributed by atoms with van der Waals surface area (Å²) in [6.45, 7) is 2.04. The summed E-state index contributed by atoms with van der Waals surface area (Å²) in [5.41, 5.74) is 2.10. The highest BCUT2D eigenvalue weighted by Crippen LogP contribution is 2.42. The second-order valence-corrected chi connectivity index (χ2v) is 6.24. The minimum atomic E-state index is -0.815. The summed E-state index contributed by atoms with van der Waals surface area (Å²) < 4.78 is 11.2. The second-order valence-electron chi connectivity index (χ2n) is 5.11. The van der Waals surface area contributed by atoms with E-state index in [-0.39, 0.29) is 11.5 Å². The van der Waals surface area contributed by atoms with Gasteiger partial charge < -0.3 is 14.6 Å². The van der Waals surface area contributed by atoms with Crippen LogP contribution < -0.4 is 14.8 Å². The van der Waals surface area contributed by atoms with E-state index in [9.17, 15) is 4.79 Å². The van der Waals surface area contributed by atoms with Crippen LogP contribution in [0.1, 0.15) is 23.4 Å². The zero-order chi connectivity index (χ0) is 14.3. The molecular formula is C14H17NO4S. The lowest BCUT2D eigenvalue weighted by Crippen LogP contribution is -2.33. The molecular weight excluding hydrogens is 278 g/mol.